The molecule has 6 heteroatoms. The van der Waals surface area contributed by atoms with Gasteiger partial charge in [0.15, 0.2) is 6.29 Å². The number of aliphatic hydroxyl groups is 3. The number of aliphatic hydroxyl groups excluding tert-OH is 3. The molecule has 1 rings (SSSR count). The molecule has 0 aromatic rings. The number of hydrogen-bond acceptors (Lipinski definition) is 6. The zero-order valence-electron chi connectivity index (χ0n) is 19.9. The van der Waals surface area contributed by atoms with Gasteiger partial charge >= 0.3 is 0 Å². The van der Waals surface area contributed by atoms with Gasteiger partial charge in [-0.25, -0.2) is 0 Å². The first kappa shape index (κ1) is 28.5. The molecule has 3 N–H and O–H groups in total. The van der Waals surface area contributed by atoms with Gasteiger partial charge in [0.1, 0.15) is 24.4 Å². The molecule has 184 valence electrons. The van der Waals surface area contributed by atoms with Crippen LogP contribution in [0.1, 0.15) is 96.8 Å². The fourth-order valence-corrected chi connectivity index (χ4v) is 3.90. The van der Waals surface area contributed by atoms with Gasteiger partial charge in [0.2, 0.25) is 0 Å². The first-order valence-electron chi connectivity index (χ1n) is 12.6. The number of methoxy groups -OCH3 is 1. The third kappa shape index (κ3) is 13.0. The van der Waals surface area contributed by atoms with Gasteiger partial charge in [-0.1, -0.05) is 76.9 Å². The van der Waals surface area contributed by atoms with Crippen molar-refractivity contribution < 1.29 is 29.5 Å². The van der Waals surface area contributed by atoms with E-state index in [0.717, 1.165) is 12.8 Å². The fourth-order valence-electron chi connectivity index (χ4n) is 3.90. The van der Waals surface area contributed by atoms with Gasteiger partial charge in [0, 0.05) is 13.7 Å². The standard InChI is InChI=1S/C25H48O6/c1-3-4-5-6-7-8-9-10-11-12-13-14-15-16-17-18-19-30-20-21-22(26)23(27)24(28)25(29-2)31-21/h10-11,21-28H,3-9,12-20H2,1-2H3/b11-10-/t21-,22-,23+,24-,25?/m1/s1. The van der Waals surface area contributed by atoms with Crippen LogP contribution >= 0.6 is 0 Å². The third-order valence-corrected chi connectivity index (χ3v) is 5.98. The Bertz CT molecular complexity index is 428. The SMILES string of the molecule is CCCCCCCC/C=C\CCCCCCCCOC[C@H]1OC(OC)[C@H](O)[C@@H](O)[C@@H]1O. The molecule has 0 aliphatic carbocycles. The number of ether oxygens (including phenoxy) is 3. The Kier molecular flexibility index (Phi) is 17.5. The highest BCUT2D eigenvalue weighted by Crippen LogP contribution is 2.22. The Morgan fingerprint density at radius 2 is 1.26 bits per heavy atom. The Morgan fingerprint density at radius 1 is 0.710 bits per heavy atom. The van der Waals surface area contributed by atoms with Gasteiger partial charge in [0.25, 0.3) is 0 Å². The van der Waals surface area contributed by atoms with Crippen LogP contribution in [0.5, 0.6) is 0 Å². The van der Waals surface area contributed by atoms with Crippen molar-refractivity contribution >= 4 is 0 Å². The second-order valence-corrected chi connectivity index (χ2v) is 8.76. The van der Waals surface area contributed by atoms with Crippen LogP contribution in [-0.2, 0) is 14.2 Å². The summed E-state index contributed by atoms with van der Waals surface area (Å²) in [4.78, 5) is 0. The molecule has 0 spiro atoms. The van der Waals surface area contributed by atoms with E-state index < -0.39 is 30.7 Å². The lowest BCUT2D eigenvalue weighted by atomic mass is 9.99. The Balaban J connectivity index is 1.88. The molecule has 1 fully saturated rings. The maximum Gasteiger partial charge on any atom is 0.186 e. The molecule has 0 amide bonds. The van der Waals surface area contributed by atoms with Crippen LogP contribution in [-0.4, -0.2) is 66.3 Å². The summed E-state index contributed by atoms with van der Waals surface area (Å²) in [6.07, 6.45) is 17.1. The molecule has 1 aliphatic heterocycles. The van der Waals surface area contributed by atoms with E-state index in [0.29, 0.717) is 6.61 Å². The van der Waals surface area contributed by atoms with Crippen LogP contribution < -0.4 is 0 Å². The van der Waals surface area contributed by atoms with Crippen molar-refractivity contribution in [1.29, 1.82) is 0 Å². The minimum absolute atomic E-state index is 0.176. The zero-order valence-corrected chi connectivity index (χ0v) is 19.9. The van der Waals surface area contributed by atoms with Gasteiger partial charge in [-0.05, 0) is 32.1 Å². The van der Waals surface area contributed by atoms with E-state index in [1.165, 1.54) is 84.2 Å². The summed E-state index contributed by atoms with van der Waals surface area (Å²) in [7, 11) is 1.39. The van der Waals surface area contributed by atoms with Crippen molar-refractivity contribution in [2.45, 2.75) is 128 Å². The Hall–Kier alpha value is -0.500. The van der Waals surface area contributed by atoms with Crippen LogP contribution in [0.15, 0.2) is 12.2 Å². The van der Waals surface area contributed by atoms with E-state index in [1.54, 1.807) is 0 Å². The second-order valence-electron chi connectivity index (χ2n) is 8.76. The summed E-state index contributed by atoms with van der Waals surface area (Å²) in [6, 6.07) is 0. The lowest BCUT2D eigenvalue weighted by molar-refractivity contribution is -0.296. The Labute approximate surface area is 190 Å². The van der Waals surface area contributed by atoms with E-state index in [-0.39, 0.29) is 6.61 Å². The van der Waals surface area contributed by atoms with Gasteiger partial charge < -0.3 is 29.5 Å². The highest BCUT2D eigenvalue weighted by Gasteiger charge is 2.43. The molecule has 1 heterocycles. The quantitative estimate of drug-likeness (QED) is 0.201. The highest BCUT2D eigenvalue weighted by atomic mass is 16.7. The highest BCUT2D eigenvalue weighted by molar-refractivity contribution is 4.89. The van der Waals surface area contributed by atoms with Gasteiger partial charge in [0.05, 0.1) is 6.61 Å². The molecular formula is C25H48O6. The first-order chi connectivity index (χ1) is 15.1. The molecule has 1 aliphatic rings. The summed E-state index contributed by atoms with van der Waals surface area (Å²) >= 11 is 0. The summed E-state index contributed by atoms with van der Waals surface area (Å²) in [5.41, 5.74) is 0. The lowest BCUT2D eigenvalue weighted by Gasteiger charge is -2.39. The lowest BCUT2D eigenvalue weighted by Crippen LogP contribution is -2.59. The molecule has 0 bridgehead atoms. The van der Waals surface area contributed by atoms with E-state index in [4.69, 9.17) is 14.2 Å². The minimum atomic E-state index is -1.29. The number of rotatable bonds is 19. The molecule has 0 radical (unpaired) electrons. The molecule has 0 saturated carbocycles. The van der Waals surface area contributed by atoms with Crippen molar-refractivity contribution in [2.75, 3.05) is 20.3 Å². The van der Waals surface area contributed by atoms with Crippen LogP contribution in [0.3, 0.4) is 0 Å². The smallest absolute Gasteiger partial charge is 0.186 e. The Morgan fingerprint density at radius 3 is 1.84 bits per heavy atom. The number of allylic oxidation sites excluding steroid dienone is 2. The summed E-state index contributed by atoms with van der Waals surface area (Å²) in [5, 5.41) is 29.6. The molecule has 0 aromatic heterocycles. The van der Waals surface area contributed by atoms with Crippen molar-refractivity contribution in [3.05, 3.63) is 12.2 Å². The van der Waals surface area contributed by atoms with Gasteiger partial charge in [-0.3, -0.25) is 0 Å². The minimum Gasteiger partial charge on any atom is -0.387 e. The fraction of sp³-hybridized carbons (Fsp3) is 0.920. The summed E-state index contributed by atoms with van der Waals surface area (Å²) in [5.74, 6) is 0. The molecule has 31 heavy (non-hydrogen) atoms. The van der Waals surface area contributed by atoms with Crippen LogP contribution in [0.2, 0.25) is 0 Å². The van der Waals surface area contributed by atoms with Crippen molar-refractivity contribution in [2.24, 2.45) is 0 Å². The molecule has 5 atom stereocenters. The van der Waals surface area contributed by atoms with Crippen LogP contribution in [0.4, 0.5) is 0 Å². The average molecular weight is 445 g/mol. The number of hydrogen-bond donors (Lipinski definition) is 3. The van der Waals surface area contributed by atoms with Crippen molar-refractivity contribution in [1.82, 2.24) is 0 Å². The first-order valence-corrected chi connectivity index (χ1v) is 12.6. The predicted molar refractivity (Wildman–Crippen MR) is 124 cm³/mol. The topological polar surface area (TPSA) is 88.4 Å². The van der Waals surface area contributed by atoms with Gasteiger partial charge in [-0.2, -0.15) is 0 Å². The maximum atomic E-state index is 9.99. The van der Waals surface area contributed by atoms with Crippen molar-refractivity contribution in [3.8, 4) is 0 Å². The predicted octanol–water partition coefficient (Wildman–Crippen LogP) is 4.49. The molecule has 6 nitrogen and oxygen atoms in total. The van der Waals surface area contributed by atoms with E-state index in [2.05, 4.69) is 19.1 Å². The van der Waals surface area contributed by atoms with E-state index in [9.17, 15) is 15.3 Å². The molecule has 1 saturated heterocycles. The van der Waals surface area contributed by atoms with Crippen molar-refractivity contribution in [3.63, 3.8) is 0 Å². The van der Waals surface area contributed by atoms with Gasteiger partial charge in [-0.15, -0.1) is 0 Å². The largest absolute Gasteiger partial charge is 0.387 e. The normalized spacial score (nSPS) is 26.7. The third-order valence-electron chi connectivity index (χ3n) is 5.98. The van der Waals surface area contributed by atoms with Crippen LogP contribution in [0.25, 0.3) is 0 Å². The van der Waals surface area contributed by atoms with Crippen LogP contribution in [0, 0.1) is 0 Å². The van der Waals surface area contributed by atoms with E-state index in [1.807, 2.05) is 0 Å². The summed E-state index contributed by atoms with van der Waals surface area (Å²) in [6.45, 7) is 3.04. The maximum absolute atomic E-state index is 9.99. The molecular weight excluding hydrogens is 396 g/mol. The molecule has 1 unspecified atom stereocenters. The zero-order chi connectivity index (χ0) is 22.7. The van der Waals surface area contributed by atoms with E-state index >= 15 is 0 Å². The summed E-state index contributed by atoms with van der Waals surface area (Å²) < 4.78 is 16.0. The second kappa shape index (κ2) is 19.0. The molecule has 0 aromatic carbocycles. The average Bonchev–Trinajstić information content (AvgIpc) is 2.78. The monoisotopic (exact) mass is 444 g/mol. The number of unbranched alkanes of at least 4 members (excludes halogenated alkanes) is 12.